The zero-order valence-corrected chi connectivity index (χ0v) is 25.1. The van der Waals surface area contributed by atoms with Crippen molar-refractivity contribution in [2.45, 2.75) is 32.9 Å². The molecule has 0 aliphatic heterocycles. The Labute approximate surface area is 249 Å². The van der Waals surface area contributed by atoms with Crippen LogP contribution in [0, 0.1) is 17.6 Å². The molecule has 0 saturated heterocycles. The van der Waals surface area contributed by atoms with Crippen LogP contribution in [0.3, 0.4) is 0 Å². The van der Waals surface area contributed by atoms with Gasteiger partial charge < -0.3 is 10.2 Å². The van der Waals surface area contributed by atoms with Gasteiger partial charge in [0.15, 0.2) is 11.6 Å². The SMILES string of the molecule is CC(C)CNC(=O)[C@H](Cc1ccccc1)N(Cc1c(Cl)cccc1Cl)C(=O)CN(c1ccc(F)c(F)c1)S(C)(=O)=O. The lowest BCUT2D eigenvalue weighted by Gasteiger charge is -2.34. The van der Waals surface area contributed by atoms with Gasteiger partial charge in [-0.2, -0.15) is 0 Å². The molecule has 1 atom stereocenters. The summed E-state index contributed by atoms with van der Waals surface area (Å²) in [6, 6.07) is 15.2. The van der Waals surface area contributed by atoms with Crippen LogP contribution in [-0.2, 0) is 32.6 Å². The van der Waals surface area contributed by atoms with Crippen molar-refractivity contribution in [3.63, 3.8) is 0 Å². The average molecular weight is 627 g/mol. The molecule has 3 rings (SSSR count). The molecule has 220 valence electrons. The fourth-order valence-electron chi connectivity index (χ4n) is 4.08. The molecule has 0 aliphatic rings. The third-order valence-corrected chi connectivity index (χ3v) is 8.06. The monoisotopic (exact) mass is 625 g/mol. The summed E-state index contributed by atoms with van der Waals surface area (Å²) in [6.45, 7) is 3.16. The Balaban J connectivity index is 2.10. The number of nitrogens with zero attached hydrogens (tertiary/aromatic N) is 2. The van der Waals surface area contributed by atoms with Crippen LogP contribution in [0.15, 0.2) is 66.7 Å². The van der Waals surface area contributed by atoms with Gasteiger partial charge in [-0.05, 0) is 35.7 Å². The number of amides is 2. The van der Waals surface area contributed by atoms with Crippen molar-refractivity contribution in [3.8, 4) is 0 Å². The van der Waals surface area contributed by atoms with Gasteiger partial charge in [-0.15, -0.1) is 0 Å². The molecule has 0 fully saturated rings. The highest BCUT2D eigenvalue weighted by molar-refractivity contribution is 7.92. The molecule has 0 unspecified atom stereocenters. The van der Waals surface area contributed by atoms with E-state index in [0.717, 1.165) is 24.0 Å². The van der Waals surface area contributed by atoms with E-state index in [-0.39, 0.29) is 34.6 Å². The molecule has 0 heterocycles. The minimum atomic E-state index is -4.15. The van der Waals surface area contributed by atoms with Gasteiger partial charge in [0.1, 0.15) is 12.6 Å². The van der Waals surface area contributed by atoms with Gasteiger partial charge in [0, 0.05) is 41.2 Å². The lowest BCUT2D eigenvalue weighted by molar-refractivity contribution is -0.140. The molecular formula is C29H31Cl2F2N3O4S. The second-order valence-electron chi connectivity index (χ2n) is 9.93. The van der Waals surface area contributed by atoms with E-state index >= 15 is 0 Å². The normalized spacial score (nSPS) is 12.2. The molecule has 12 heteroatoms. The Bertz CT molecular complexity index is 1470. The van der Waals surface area contributed by atoms with Crippen molar-refractivity contribution in [3.05, 3.63) is 99.5 Å². The molecule has 7 nitrogen and oxygen atoms in total. The predicted octanol–water partition coefficient (Wildman–Crippen LogP) is 5.45. The smallest absolute Gasteiger partial charge is 0.244 e. The molecule has 0 aromatic heterocycles. The van der Waals surface area contributed by atoms with Crippen LogP contribution in [0.1, 0.15) is 25.0 Å². The number of hydrogen-bond donors (Lipinski definition) is 1. The lowest BCUT2D eigenvalue weighted by atomic mass is 10.0. The van der Waals surface area contributed by atoms with Crippen LogP contribution in [0.5, 0.6) is 0 Å². The average Bonchev–Trinajstić information content (AvgIpc) is 2.90. The first-order valence-corrected chi connectivity index (χ1v) is 15.3. The summed E-state index contributed by atoms with van der Waals surface area (Å²) in [7, 11) is -4.15. The summed E-state index contributed by atoms with van der Waals surface area (Å²) in [4.78, 5) is 28.8. The number of hydrogen-bond acceptors (Lipinski definition) is 4. The minimum absolute atomic E-state index is 0.0998. The Kier molecular flexibility index (Phi) is 11.1. The lowest BCUT2D eigenvalue weighted by Crippen LogP contribution is -2.53. The molecular weight excluding hydrogens is 595 g/mol. The van der Waals surface area contributed by atoms with Crippen molar-refractivity contribution >= 4 is 50.7 Å². The molecule has 0 spiro atoms. The van der Waals surface area contributed by atoms with E-state index in [0.29, 0.717) is 22.5 Å². The highest BCUT2D eigenvalue weighted by Crippen LogP contribution is 2.28. The Hall–Kier alpha value is -3.21. The van der Waals surface area contributed by atoms with E-state index in [9.17, 15) is 26.8 Å². The zero-order chi connectivity index (χ0) is 30.3. The van der Waals surface area contributed by atoms with E-state index in [1.807, 2.05) is 19.9 Å². The molecule has 0 bridgehead atoms. The van der Waals surface area contributed by atoms with Gasteiger partial charge in [-0.3, -0.25) is 13.9 Å². The molecule has 0 aliphatic carbocycles. The molecule has 0 saturated carbocycles. The summed E-state index contributed by atoms with van der Waals surface area (Å²) in [5.41, 5.74) is 0.859. The van der Waals surface area contributed by atoms with E-state index in [2.05, 4.69) is 5.32 Å². The molecule has 41 heavy (non-hydrogen) atoms. The maximum Gasteiger partial charge on any atom is 0.244 e. The van der Waals surface area contributed by atoms with E-state index in [1.165, 1.54) is 4.90 Å². The first-order chi connectivity index (χ1) is 19.3. The fraction of sp³-hybridized carbons (Fsp3) is 0.310. The summed E-state index contributed by atoms with van der Waals surface area (Å²) in [6.07, 6.45) is 0.941. The maximum absolute atomic E-state index is 14.1. The van der Waals surface area contributed by atoms with Crippen LogP contribution in [-0.4, -0.2) is 50.5 Å². The van der Waals surface area contributed by atoms with Crippen LogP contribution >= 0.6 is 23.2 Å². The predicted molar refractivity (Wildman–Crippen MR) is 157 cm³/mol. The maximum atomic E-state index is 14.1. The quantitative estimate of drug-likeness (QED) is 0.290. The minimum Gasteiger partial charge on any atom is -0.354 e. The third kappa shape index (κ3) is 8.89. The number of anilines is 1. The number of rotatable bonds is 12. The Morgan fingerprint density at radius 3 is 2.12 bits per heavy atom. The van der Waals surface area contributed by atoms with Gasteiger partial charge in [-0.1, -0.05) is 73.4 Å². The first-order valence-electron chi connectivity index (χ1n) is 12.7. The number of sulfonamides is 1. The Morgan fingerprint density at radius 1 is 0.927 bits per heavy atom. The van der Waals surface area contributed by atoms with Gasteiger partial charge in [-0.25, -0.2) is 17.2 Å². The Morgan fingerprint density at radius 2 is 1.56 bits per heavy atom. The summed E-state index contributed by atoms with van der Waals surface area (Å²) in [5, 5.41) is 3.35. The number of halogens is 4. The van der Waals surface area contributed by atoms with Crippen molar-refractivity contribution in [1.29, 1.82) is 0 Å². The molecule has 3 aromatic carbocycles. The molecule has 2 amide bonds. The van der Waals surface area contributed by atoms with Gasteiger partial charge >= 0.3 is 0 Å². The number of carbonyl (C=O) groups excluding carboxylic acids is 2. The second kappa shape index (κ2) is 14.1. The highest BCUT2D eigenvalue weighted by atomic mass is 35.5. The van der Waals surface area contributed by atoms with Crippen molar-refractivity contribution in [2.24, 2.45) is 5.92 Å². The number of benzene rings is 3. The summed E-state index contributed by atoms with van der Waals surface area (Å²) < 4.78 is 53.8. The van der Waals surface area contributed by atoms with E-state index < -0.39 is 46.1 Å². The van der Waals surface area contributed by atoms with Crippen LogP contribution in [0.2, 0.25) is 10.0 Å². The van der Waals surface area contributed by atoms with E-state index in [4.69, 9.17) is 23.2 Å². The van der Waals surface area contributed by atoms with Crippen LogP contribution in [0.25, 0.3) is 0 Å². The topological polar surface area (TPSA) is 86.8 Å². The fourth-order valence-corrected chi connectivity index (χ4v) is 5.44. The largest absolute Gasteiger partial charge is 0.354 e. The van der Waals surface area contributed by atoms with Gasteiger partial charge in [0.25, 0.3) is 0 Å². The van der Waals surface area contributed by atoms with Gasteiger partial charge in [0.05, 0.1) is 11.9 Å². The number of carbonyl (C=O) groups is 2. The van der Waals surface area contributed by atoms with Gasteiger partial charge in [0.2, 0.25) is 21.8 Å². The molecule has 0 radical (unpaired) electrons. The second-order valence-corrected chi connectivity index (χ2v) is 12.7. The highest BCUT2D eigenvalue weighted by Gasteiger charge is 2.34. The third-order valence-electron chi connectivity index (χ3n) is 6.22. The summed E-state index contributed by atoms with van der Waals surface area (Å²) >= 11 is 12.9. The zero-order valence-electron chi connectivity index (χ0n) is 22.8. The van der Waals surface area contributed by atoms with Crippen molar-refractivity contribution in [1.82, 2.24) is 10.2 Å². The molecule has 3 aromatic rings. The molecule has 1 N–H and O–H groups in total. The van der Waals surface area contributed by atoms with Crippen molar-refractivity contribution < 1.29 is 26.8 Å². The van der Waals surface area contributed by atoms with Crippen LogP contribution in [0.4, 0.5) is 14.5 Å². The number of nitrogens with one attached hydrogen (secondary N) is 1. The standard InChI is InChI=1S/C29H31Cl2F2N3O4S/c1-19(2)16-34-29(38)27(14-20-8-5-4-6-9-20)35(17-22-23(30)10-7-11-24(22)31)28(37)18-36(41(3,39)40)21-12-13-25(32)26(33)15-21/h4-13,15,19,27H,14,16-18H2,1-3H3,(H,34,38)/t27-/m0/s1. The van der Waals surface area contributed by atoms with Crippen LogP contribution < -0.4 is 9.62 Å². The van der Waals surface area contributed by atoms with Crippen molar-refractivity contribution in [2.75, 3.05) is 23.7 Å². The van der Waals surface area contributed by atoms with E-state index in [1.54, 1.807) is 42.5 Å². The first kappa shape index (κ1) is 32.3. The summed E-state index contributed by atoms with van der Waals surface area (Å²) in [5.74, 6) is -3.58.